The molecule has 1 rings (SSSR count). The molecule has 0 aliphatic heterocycles. The van der Waals surface area contributed by atoms with E-state index in [1.54, 1.807) is 13.0 Å². The third-order valence-corrected chi connectivity index (χ3v) is 2.24. The van der Waals surface area contributed by atoms with Gasteiger partial charge in [0.1, 0.15) is 12.4 Å². The molecule has 0 aliphatic rings. The number of amides is 1. The summed E-state index contributed by atoms with van der Waals surface area (Å²) in [6.07, 6.45) is 0.230. The van der Waals surface area contributed by atoms with Gasteiger partial charge in [0, 0.05) is 12.1 Å². The number of benzene rings is 1. The average molecular weight is 239 g/mol. The molecule has 0 saturated heterocycles. The van der Waals surface area contributed by atoms with E-state index in [0.29, 0.717) is 5.69 Å². The smallest absolute Gasteiger partial charge is 0.325 e. The maximum atomic E-state index is 13.1. The molecular formula is C12H14FNO3. The molecule has 4 nitrogen and oxygen atoms in total. The number of nitrogens with zero attached hydrogens (tertiary/aromatic N) is 1. The average Bonchev–Trinajstić information content (AvgIpc) is 2.34. The highest BCUT2D eigenvalue weighted by molar-refractivity contribution is 5.97. The van der Waals surface area contributed by atoms with Gasteiger partial charge in [-0.25, -0.2) is 4.39 Å². The Morgan fingerprint density at radius 3 is 2.65 bits per heavy atom. The Bertz CT molecular complexity index is 420. The zero-order valence-electron chi connectivity index (χ0n) is 9.77. The van der Waals surface area contributed by atoms with Crippen LogP contribution >= 0.6 is 0 Å². The lowest BCUT2D eigenvalue weighted by Crippen LogP contribution is -2.35. The van der Waals surface area contributed by atoms with Crippen molar-refractivity contribution in [1.82, 2.24) is 0 Å². The van der Waals surface area contributed by atoms with Crippen molar-refractivity contribution < 1.29 is 18.7 Å². The van der Waals surface area contributed by atoms with Crippen LogP contribution in [-0.4, -0.2) is 25.5 Å². The minimum absolute atomic E-state index is 0.216. The topological polar surface area (TPSA) is 46.6 Å². The van der Waals surface area contributed by atoms with Crippen molar-refractivity contribution in [3.63, 3.8) is 0 Å². The van der Waals surface area contributed by atoms with Crippen molar-refractivity contribution in [3.05, 3.63) is 30.1 Å². The highest BCUT2D eigenvalue weighted by Crippen LogP contribution is 2.16. The van der Waals surface area contributed by atoms with Crippen LogP contribution in [0.5, 0.6) is 0 Å². The Balaban J connectivity index is 2.97. The van der Waals surface area contributed by atoms with Gasteiger partial charge in [0.05, 0.1) is 7.11 Å². The van der Waals surface area contributed by atoms with Crippen molar-refractivity contribution >= 4 is 17.6 Å². The van der Waals surface area contributed by atoms with E-state index >= 15 is 0 Å². The molecule has 0 heterocycles. The second kappa shape index (κ2) is 5.98. The van der Waals surface area contributed by atoms with Gasteiger partial charge in [-0.1, -0.05) is 13.0 Å². The Labute approximate surface area is 99.0 Å². The summed E-state index contributed by atoms with van der Waals surface area (Å²) in [5.41, 5.74) is 0.349. The molecule has 5 heteroatoms. The molecule has 0 radical (unpaired) electrons. The number of hydrogen-bond donors (Lipinski definition) is 0. The number of carbonyl (C=O) groups excluding carboxylic acids is 2. The van der Waals surface area contributed by atoms with Crippen LogP contribution < -0.4 is 4.90 Å². The molecule has 0 unspecified atom stereocenters. The molecule has 1 aromatic carbocycles. The first-order chi connectivity index (χ1) is 8.08. The van der Waals surface area contributed by atoms with Crippen LogP contribution in [0.25, 0.3) is 0 Å². The lowest BCUT2D eigenvalue weighted by Gasteiger charge is -2.20. The molecule has 0 N–H and O–H groups in total. The Kier molecular flexibility index (Phi) is 4.63. The SMILES string of the molecule is CCC(=O)N(CC(=O)OC)c1cccc(F)c1. The van der Waals surface area contributed by atoms with Gasteiger partial charge >= 0.3 is 5.97 Å². The van der Waals surface area contributed by atoms with E-state index in [4.69, 9.17) is 0 Å². The van der Waals surface area contributed by atoms with Crippen LogP contribution in [0.15, 0.2) is 24.3 Å². The zero-order chi connectivity index (χ0) is 12.8. The summed E-state index contributed by atoms with van der Waals surface area (Å²) in [5.74, 6) is -1.27. The molecule has 92 valence electrons. The Morgan fingerprint density at radius 1 is 1.41 bits per heavy atom. The van der Waals surface area contributed by atoms with Crippen molar-refractivity contribution in [1.29, 1.82) is 0 Å². The van der Waals surface area contributed by atoms with Crippen LogP contribution in [0.4, 0.5) is 10.1 Å². The molecule has 0 aliphatic carbocycles. The molecule has 0 saturated carbocycles. The molecule has 0 fully saturated rings. The van der Waals surface area contributed by atoms with Crippen molar-refractivity contribution in [3.8, 4) is 0 Å². The number of esters is 1. The van der Waals surface area contributed by atoms with Crippen molar-refractivity contribution in [2.75, 3.05) is 18.6 Å². The largest absolute Gasteiger partial charge is 0.468 e. The van der Waals surface area contributed by atoms with Crippen LogP contribution in [0.2, 0.25) is 0 Å². The third kappa shape index (κ3) is 3.55. The first-order valence-corrected chi connectivity index (χ1v) is 5.21. The van der Waals surface area contributed by atoms with Crippen LogP contribution in [0.1, 0.15) is 13.3 Å². The summed E-state index contributed by atoms with van der Waals surface area (Å²) in [6.45, 7) is 1.46. The number of ether oxygens (including phenoxy) is 1. The molecular weight excluding hydrogens is 225 g/mol. The van der Waals surface area contributed by atoms with Gasteiger partial charge in [0.15, 0.2) is 0 Å². The summed E-state index contributed by atoms with van der Waals surface area (Å²) in [6, 6.07) is 5.53. The van der Waals surface area contributed by atoms with Crippen molar-refractivity contribution in [2.24, 2.45) is 0 Å². The second-order valence-electron chi connectivity index (χ2n) is 3.39. The first kappa shape index (κ1) is 13.2. The molecule has 0 atom stereocenters. The number of carbonyl (C=O) groups is 2. The Hall–Kier alpha value is -1.91. The van der Waals surface area contributed by atoms with Gasteiger partial charge in [0.25, 0.3) is 0 Å². The number of anilines is 1. The van der Waals surface area contributed by atoms with Gasteiger partial charge < -0.3 is 9.64 Å². The van der Waals surface area contributed by atoms with Gasteiger partial charge in [-0.15, -0.1) is 0 Å². The van der Waals surface area contributed by atoms with Crippen LogP contribution in [-0.2, 0) is 14.3 Å². The van der Waals surface area contributed by atoms with E-state index in [0.717, 1.165) is 0 Å². The summed E-state index contributed by atoms with van der Waals surface area (Å²) in [5, 5.41) is 0. The monoisotopic (exact) mass is 239 g/mol. The molecule has 0 aromatic heterocycles. The van der Waals surface area contributed by atoms with E-state index in [1.807, 2.05) is 0 Å². The maximum absolute atomic E-state index is 13.1. The van der Waals surface area contributed by atoms with Crippen LogP contribution in [0, 0.1) is 5.82 Å². The number of methoxy groups -OCH3 is 1. The quantitative estimate of drug-likeness (QED) is 0.752. The van der Waals surface area contributed by atoms with E-state index in [-0.39, 0.29) is 18.9 Å². The van der Waals surface area contributed by atoms with Gasteiger partial charge in [0.2, 0.25) is 5.91 Å². The van der Waals surface area contributed by atoms with Gasteiger partial charge in [-0.3, -0.25) is 9.59 Å². The Morgan fingerprint density at radius 2 is 2.12 bits per heavy atom. The zero-order valence-corrected chi connectivity index (χ0v) is 9.77. The fourth-order valence-electron chi connectivity index (χ4n) is 1.35. The van der Waals surface area contributed by atoms with Crippen molar-refractivity contribution in [2.45, 2.75) is 13.3 Å². The summed E-state index contributed by atoms with van der Waals surface area (Å²) < 4.78 is 17.6. The second-order valence-corrected chi connectivity index (χ2v) is 3.39. The minimum Gasteiger partial charge on any atom is -0.468 e. The summed E-state index contributed by atoms with van der Waals surface area (Å²) >= 11 is 0. The first-order valence-electron chi connectivity index (χ1n) is 5.21. The van der Waals surface area contributed by atoms with Crippen LogP contribution in [0.3, 0.4) is 0 Å². The molecule has 1 amide bonds. The molecule has 0 bridgehead atoms. The van der Waals surface area contributed by atoms with E-state index in [2.05, 4.69) is 4.74 Å². The maximum Gasteiger partial charge on any atom is 0.325 e. The fourth-order valence-corrected chi connectivity index (χ4v) is 1.35. The number of hydrogen-bond acceptors (Lipinski definition) is 3. The lowest BCUT2D eigenvalue weighted by molar-refractivity contribution is -0.140. The lowest BCUT2D eigenvalue weighted by atomic mass is 10.2. The highest BCUT2D eigenvalue weighted by atomic mass is 19.1. The molecule has 0 spiro atoms. The van der Waals surface area contributed by atoms with E-state index < -0.39 is 11.8 Å². The predicted octanol–water partition coefficient (Wildman–Crippen LogP) is 1.74. The number of halogens is 1. The summed E-state index contributed by atoms with van der Waals surface area (Å²) in [4.78, 5) is 24.1. The number of rotatable bonds is 4. The van der Waals surface area contributed by atoms with Gasteiger partial charge in [-0.2, -0.15) is 0 Å². The predicted molar refractivity (Wildman–Crippen MR) is 61.1 cm³/mol. The molecule has 17 heavy (non-hydrogen) atoms. The van der Waals surface area contributed by atoms with E-state index in [1.165, 1.54) is 30.2 Å². The normalized spacial score (nSPS) is 9.82. The van der Waals surface area contributed by atoms with E-state index in [9.17, 15) is 14.0 Å². The standard InChI is InChI=1S/C12H14FNO3/c1-3-11(15)14(8-12(16)17-2)10-6-4-5-9(13)7-10/h4-7H,3,8H2,1-2H3. The highest BCUT2D eigenvalue weighted by Gasteiger charge is 2.18. The van der Waals surface area contributed by atoms with Gasteiger partial charge in [-0.05, 0) is 18.2 Å². The minimum atomic E-state index is -0.545. The molecule has 1 aromatic rings. The fraction of sp³-hybridized carbons (Fsp3) is 0.333. The third-order valence-electron chi connectivity index (χ3n) is 2.24. The summed E-state index contributed by atoms with van der Waals surface area (Å²) in [7, 11) is 1.24.